The number of carbonyl (C=O) groups is 1. The molecule has 0 radical (unpaired) electrons. The molecule has 4 nitrogen and oxygen atoms in total. The fraction of sp³-hybridized carbons (Fsp3) is 0.200. The van der Waals surface area contributed by atoms with E-state index in [1.165, 1.54) is 22.0 Å². The van der Waals surface area contributed by atoms with Gasteiger partial charge in [-0.2, -0.15) is 0 Å². The first-order valence-corrected chi connectivity index (χ1v) is 9.88. The first-order chi connectivity index (χ1) is 14.1. The summed E-state index contributed by atoms with van der Waals surface area (Å²) in [6, 6.07) is 20.7. The Morgan fingerprint density at radius 3 is 2.62 bits per heavy atom. The molecule has 4 aromatic rings. The summed E-state index contributed by atoms with van der Waals surface area (Å²) in [5.74, 6) is 0.0305. The van der Waals surface area contributed by atoms with Crippen molar-refractivity contribution >= 4 is 16.8 Å². The monoisotopic (exact) mass is 383 g/mol. The third kappa shape index (κ3) is 4.21. The van der Waals surface area contributed by atoms with Crippen LogP contribution in [-0.2, 0) is 18.4 Å². The minimum Gasteiger partial charge on any atom is -0.352 e. The molecule has 0 saturated heterocycles. The highest BCUT2D eigenvalue weighted by molar-refractivity contribution is 5.86. The van der Waals surface area contributed by atoms with Crippen LogP contribution < -0.4 is 5.32 Å². The number of rotatable bonds is 6. The van der Waals surface area contributed by atoms with E-state index in [0.717, 1.165) is 11.1 Å². The Hall–Kier alpha value is -3.40. The zero-order chi connectivity index (χ0) is 20.2. The summed E-state index contributed by atoms with van der Waals surface area (Å²) in [7, 11) is 2.06. The van der Waals surface area contributed by atoms with Crippen LogP contribution in [0.1, 0.15) is 34.6 Å². The van der Waals surface area contributed by atoms with Crippen LogP contribution >= 0.6 is 0 Å². The summed E-state index contributed by atoms with van der Waals surface area (Å²) in [5.41, 5.74) is 5.73. The lowest BCUT2D eigenvalue weighted by atomic mass is 9.87. The van der Waals surface area contributed by atoms with E-state index in [2.05, 4.69) is 77.5 Å². The number of hydrogen-bond acceptors (Lipinski definition) is 2. The first kappa shape index (κ1) is 18.9. The Morgan fingerprint density at radius 1 is 1.07 bits per heavy atom. The third-order valence-electron chi connectivity index (χ3n) is 5.38. The van der Waals surface area contributed by atoms with Crippen molar-refractivity contribution in [3.63, 3.8) is 0 Å². The summed E-state index contributed by atoms with van der Waals surface area (Å²) in [6.07, 6.45) is 6.07. The lowest BCUT2D eigenvalue weighted by molar-refractivity contribution is -0.121. The van der Waals surface area contributed by atoms with Crippen molar-refractivity contribution in [2.24, 2.45) is 7.05 Å². The number of nitrogens with one attached hydrogen (secondary N) is 1. The van der Waals surface area contributed by atoms with Gasteiger partial charge in [-0.25, -0.2) is 0 Å². The molecule has 0 spiro atoms. The number of benzene rings is 2. The SMILES string of the molecule is Cc1ccc(C(CC(=O)NCc2cccnc2)c2cn(C)c3ccccc23)cc1. The van der Waals surface area contributed by atoms with E-state index in [1.807, 2.05) is 18.2 Å². The fourth-order valence-corrected chi connectivity index (χ4v) is 3.82. The Morgan fingerprint density at radius 2 is 1.86 bits per heavy atom. The highest BCUT2D eigenvalue weighted by atomic mass is 16.1. The van der Waals surface area contributed by atoms with Crippen LogP contribution in [-0.4, -0.2) is 15.5 Å². The number of amides is 1. The smallest absolute Gasteiger partial charge is 0.221 e. The average Bonchev–Trinajstić information content (AvgIpc) is 3.09. The zero-order valence-electron chi connectivity index (χ0n) is 16.8. The van der Waals surface area contributed by atoms with Gasteiger partial charge >= 0.3 is 0 Å². The molecule has 2 aromatic heterocycles. The number of hydrogen-bond donors (Lipinski definition) is 1. The van der Waals surface area contributed by atoms with Crippen molar-refractivity contribution in [1.82, 2.24) is 14.9 Å². The van der Waals surface area contributed by atoms with Gasteiger partial charge in [0.25, 0.3) is 0 Å². The number of pyridine rings is 1. The molecule has 0 bridgehead atoms. The molecular weight excluding hydrogens is 358 g/mol. The molecule has 0 aliphatic carbocycles. The van der Waals surface area contributed by atoms with Crippen LogP contribution in [0.2, 0.25) is 0 Å². The van der Waals surface area contributed by atoms with Gasteiger partial charge in [0.2, 0.25) is 5.91 Å². The fourth-order valence-electron chi connectivity index (χ4n) is 3.82. The van der Waals surface area contributed by atoms with Crippen LogP contribution in [0.25, 0.3) is 10.9 Å². The van der Waals surface area contributed by atoms with Gasteiger partial charge in [0.05, 0.1) is 0 Å². The third-order valence-corrected chi connectivity index (χ3v) is 5.38. The molecule has 1 amide bonds. The number of nitrogens with zero attached hydrogens (tertiary/aromatic N) is 2. The number of fused-ring (bicyclic) bond motifs is 1. The summed E-state index contributed by atoms with van der Waals surface area (Å²) in [5, 5.41) is 4.24. The second kappa shape index (κ2) is 8.31. The molecule has 146 valence electrons. The van der Waals surface area contributed by atoms with Crippen molar-refractivity contribution in [3.05, 3.63) is 102 Å². The maximum atomic E-state index is 12.8. The van der Waals surface area contributed by atoms with Gasteiger partial charge in [-0.05, 0) is 35.7 Å². The normalized spacial score (nSPS) is 12.1. The second-order valence-electron chi connectivity index (χ2n) is 7.52. The van der Waals surface area contributed by atoms with E-state index in [9.17, 15) is 4.79 Å². The summed E-state index contributed by atoms with van der Waals surface area (Å²) >= 11 is 0. The highest BCUT2D eigenvalue weighted by Gasteiger charge is 2.22. The van der Waals surface area contributed by atoms with Crippen molar-refractivity contribution in [1.29, 1.82) is 0 Å². The molecule has 2 aromatic carbocycles. The van der Waals surface area contributed by atoms with Gasteiger partial charge in [-0.1, -0.05) is 54.1 Å². The van der Waals surface area contributed by atoms with Crippen molar-refractivity contribution in [3.8, 4) is 0 Å². The van der Waals surface area contributed by atoms with Crippen LogP contribution in [0.3, 0.4) is 0 Å². The Balaban J connectivity index is 1.63. The predicted octanol–water partition coefficient (Wildman–Crippen LogP) is 4.72. The van der Waals surface area contributed by atoms with Crippen LogP contribution in [0, 0.1) is 6.92 Å². The molecule has 4 rings (SSSR count). The first-order valence-electron chi connectivity index (χ1n) is 9.88. The molecule has 1 N–H and O–H groups in total. The van der Waals surface area contributed by atoms with Crippen molar-refractivity contribution in [2.45, 2.75) is 25.8 Å². The Bertz CT molecular complexity index is 1110. The van der Waals surface area contributed by atoms with Gasteiger partial charge in [-0.3, -0.25) is 9.78 Å². The molecule has 0 fully saturated rings. The van der Waals surface area contributed by atoms with E-state index < -0.39 is 0 Å². The molecule has 2 heterocycles. The Labute approximate surface area is 171 Å². The van der Waals surface area contributed by atoms with Gasteiger partial charge < -0.3 is 9.88 Å². The molecule has 29 heavy (non-hydrogen) atoms. The Kier molecular flexibility index (Phi) is 5.43. The largest absolute Gasteiger partial charge is 0.352 e. The second-order valence-corrected chi connectivity index (χ2v) is 7.52. The van der Waals surface area contributed by atoms with E-state index in [1.54, 1.807) is 12.4 Å². The standard InChI is InChI=1S/C25H25N3O/c1-18-9-11-20(12-10-18)22(14-25(29)27-16-19-6-5-13-26-15-19)23-17-28(2)24-8-4-3-7-21(23)24/h3-13,15,17,22H,14,16H2,1-2H3,(H,27,29). The molecule has 0 saturated carbocycles. The lowest BCUT2D eigenvalue weighted by Gasteiger charge is -2.17. The quantitative estimate of drug-likeness (QED) is 0.524. The minimum atomic E-state index is -0.00408. The minimum absolute atomic E-state index is 0.00408. The van der Waals surface area contributed by atoms with Crippen LogP contribution in [0.15, 0.2) is 79.3 Å². The number of para-hydroxylation sites is 1. The van der Waals surface area contributed by atoms with E-state index in [4.69, 9.17) is 0 Å². The molecule has 1 unspecified atom stereocenters. The number of aryl methyl sites for hydroxylation is 2. The van der Waals surface area contributed by atoms with Gasteiger partial charge in [0.15, 0.2) is 0 Å². The molecular formula is C25H25N3O. The number of aromatic nitrogens is 2. The highest BCUT2D eigenvalue weighted by Crippen LogP contribution is 2.34. The van der Waals surface area contributed by atoms with E-state index >= 15 is 0 Å². The van der Waals surface area contributed by atoms with Crippen molar-refractivity contribution in [2.75, 3.05) is 0 Å². The number of carbonyl (C=O) groups excluding carboxylic acids is 1. The summed E-state index contributed by atoms with van der Waals surface area (Å²) < 4.78 is 2.14. The van der Waals surface area contributed by atoms with Crippen LogP contribution in [0.5, 0.6) is 0 Å². The van der Waals surface area contributed by atoms with Gasteiger partial charge in [-0.15, -0.1) is 0 Å². The maximum Gasteiger partial charge on any atom is 0.221 e. The molecule has 1 atom stereocenters. The summed E-state index contributed by atoms with van der Waals surface area (Å²) in [4.78, 5) is 17.0. The molecule has 0 aliphatic heterocycles. The van der Waals surface area contributed by atoms with Crippen LogP contribution in [0.4, 0.5) is 0 Å². The summed E-state index contributed by atoms with van der Waals surface area (Å²) in [6.45, 7) is 2.57. The lowest BCUT2D eigenvalue weighted by Crippen LogP contribution is -2.25. The maximum absolute atomic E-state index is 12.8. The average molecular weight is 383 g/mol. The topological polar surface area (TPSA) is 46.9 Å². The van der Waals surface area contributed by atoms with E-state index in [-0.39, 0.29) is 11.8 Å². The van der Waals surface area contributed by atoms with E-state index in [0.29, 0.717) is 13.0 Å². The zero-order valence-corrected chi connectivity index (χ0v) is 16.8. The van der Waals surface area contributed by atoms with Gasteiger partial charge in [0, 0.05) is 55.4 Å². The predicted molar refractivity (Wildman–Crippen MR) is 117 cm³/mol. The molecule has 4 heteroatoms. The van der Waals surface area contributed by atoms with Gasteiger partial charge in [0.1, 0.15) is 0 Å². The molecule has 0 aliphatic rings. The van der Waals surface area contributed by atoms with Crippen molar-refractivity contribution < 1.29 is 4.79 Å².